The van der Waals surface area contributed by atoms with Crippen molar-refractivity contribution in [3.05, 3.63) is 23.9 Å². The molecule has 0 saturated carbocycles. The molecule has 4 heteroatoms. The number of anilines is 1. The number of hydrogen-bond donors (Lipinski definition) is 1. The molecule has 0 aromatic carbocycles. The van der Waals surface area contributed by atoms with E-state index in [0.717, 1.165) is 31.6 Å². The number of rotatable bonds is 2. The van der Waals surface area contributed by atoms with Crippen molar-refractivity contribution >= 4 is 5.82 Å². The van der Waals surface area contributed by atoms with Crippen molar-refractivity contribution in [2.24, 2.45) is 5.92 Å². The van der Waals surface area contributed by atoms with Gasteiger partial charge in [0.15, 0.2) is 0 Å². The highest BCUT2D eigenvalue weighted by Gasteiger charge is 2.44. The van der Waals surface area contributed by atoms with E-state index in [4.69, 9.17) is 4.74 Å². The summed E-state index contributed by atoms with van der Waals surface area (Å²) in [5.41, 5.74) is 0.599. The number of nitrogens with zero attached hydrogens (tertiary/aromatic N) is 2. The third-order valence-corrected chi connectivity index (χ3v) is 4.81. The average Bonchev–Trinajstić information content (AvgIpc) is 2.87. The Morgan fingerprint density at radius 1 is 1.50 bits per heavy atom. The monoisotopic (exact) mass is 276 g/mol. The summed E-state index contributed by atoms with van der Waals surface area (Å²) in [7, 11) is 0. The van der Waals surface area contributed by atoms with Crippen LogP contribution < -0.4 is 4.90 Å². The second-order valence-corrected chi connectivity index (χ2v) is 6.38. The smallest absolute Gasteiger partial charge is 0.128 e. The molecule has 4 nitrogen and oxygen atoms in total. The van der Waals surface area contributed by atoms with Crippen LogP contribution in [0.15, 0.2) is 18.3 Å². The summed E-state index contributed by atoms with van der Waals surface area (Å²) in [4.78, 5) is 6.88. The Morgan fingerprint density at radius 3 is 3.10 bits per heavy atom. The van der Waals surface area contributed by atoms with Crippen molar-refractivity contribution < 1.29 is 9.84 Å². The zero-order chi connectivity index (χ0) is 14.2. The van der Waals surface area contributed by atoms with Crippen molar-refractivity contribution in [3.8, 4) is 0 Å². The standard InChI is InChI=1S/C16H24N2O2/c1-12-5-7-17-15(10-12)18-8-3-4-14(18)13-11-20-9-6-16(13,2)19/h5,7,10,13-14,19H,3-4,6,8-9,11H2,1-2H3/t13-,14+,16+/m0/s1. The van der Waals surface area contributed by atoms with E-state index in [2.05, 4.69) is 22.9 Å². The van der Waals surface area contributed by atoms with E-state index in [9.17, 15) is 5.11 Å². The van der Waals surface area contributed by atoms with Gasteiger partial charge in [0, 0.05) is 31.3 Å². The number of hydrogen-bond acceptors (Lipinski definition) is 4. The Bertz CT molecular complexity index is 475. The van der Waals surface area contributed by atoms with E-state index in [1.165, 1.54) is 5.56 Å². The van der Waals surface area contributed by atoms with Gasteiger partial charge >= 0.3 is 0 Å². The van der Waals surface area contributed by atoms with Gasteiger partial charge in [-0.3, -0.25) is 0 Å². The predicted octanol–water partition coefficient (Wildman–Crippen LogP) is 2.15. The first kappa shape index (κ1) is 13.8. The first-order valence-corrected chi connectivity index (χ1v) is 7.57. The number of aromatic nitrogens is 1. The molecule has 2 fully saturated rings. The van der Waals surface area contributed by atoms with Gasteiger partial charge in [0.05, 0.1) is 12.2 Å². The molecule has 110 valence electrons. The second kappa shape index (κ2) is 5.34. The molecule has 20 heavy (non-hydrogen) atoms. The molecular formula is C16H24N2O2. The molecule has 0 radical (unpaired) electrons. The van der Waals surface area contributed by atoms with Gasteiger partial charge in [-0.1, -0.05) is 0 Å². The topological polar surface area (TPSA) is 45.6 Å². The van der Waals surface area contributed by atoms with Crippen LogP contribution in [0.5, 0.6) is 0 Å². The number of ether oxygens (including phenoxy) is 1. The quantitative estimate of drug-likeness (QED) is 0.899. The van der Waals surface area contributed by atoms with E-state index < -0.39 is 5.60 Å². The molecule has 1 aromatic heterocycles. The maximum absolute atomic E-state index is 10.7. The summed E-state index contributed by atoms with van der Waals surface area (Å²) in [6, 6.07) is 4.49. The minimum atomic E-state index is -0.630. The van der Waals surface area contributed by atoms with Gasteiger partial charge in [0.25, 0.3) is 0 Å². The molecule has 0 amide bonds. The lowest BCUT2D eigenvalue weighted by Gasteiger charge is -2.43. The van der Waals surface area contributed by atoms with Gasteiger partial charge in [0.2, 0.25) is 0 Å². The minimum Gasteiger partial charge on any atom is -0.390 e. The molecule has 1 N–H and O–H groups in total. The van der Waals surface area contributed by atoms with Crippen LogP contribution in [0.3, 0.4) is 0 Å². The number of aryl methyl sites for hydroxylation is 1. The third kappa shape index (κ3) is 2.54. The molecule has 2 aliphatic heterocycles. The van der Waals surface area contributed by atoms with Crippen molar-refractivity contribution in [1.82, 2.24) is 4.98 Å². The number of aliphatic hydroxyl groups is 1. The molecule has 3 rings (SSSR count). The molecular weight excluding hydrogens is 252 g/mol. The summed E-state index contributed by atoms with van der Waals surface area (Å²) in [5, 5.41) is 10.7. The van der Waals surface area contributed by atoms with E-state index in [1.54, 1.807) is 0 Å². The van der Waals surface area contributed by atoms with Crippen LogP contribution in [0.25, 0.3) is 0 Å². The van der Waals surface area contributed by atoms with Gasteiger partial charge in [-0.15, -0.1) is 0 Å². The number of pyridine rings is 1. The van der Waals surface area contributed by atoms with Crippen molar-refractivity contribution in [2.45, 2.75) is 44.8 Å². The van der Waals surface area contributed by atoms with Crippen molar-refractivity contribution in [1.29, 1.82) is 0 Å². The van der Waals surface area contributed by atoms with E-state index in [-0.39, 0.29) is 5.92 Å². The predicted molar refractivity (Wildman–Crippen MR) is 78.9 cm³/mol. The normalized spacial score (nSPS) is 34.5. The lowest BCUT2D eigenvalue weighted by Crippen LogP contribution is -2.52. The fourth-order valence-corrected chi connectivity index (χ4v) is 3.55. The molecule has 2 saturated heterocycles. The molecule has 0 spiro atoms. The molecule has 0 bridgehead atoms. The van der Waals surface area contributed by atoms with E-state index >= 15 is 0 Å². The lowest BCUT2D eigenvalue weighted by molar-refractivity contribution is -0.108. The Labute approximate surface area is 120 Å². The zero-order valence-electron chi connectivity index (χ0n) is 12.4. The fourth-order valence-electron chi connectivity index (χ4n) is 3.55. The zero-order valence-corrected chi connectivity index (χ0v) is 12.4. The fraction of sp³-hybridized carbons (Fsp3) is 0.688. The van der Waals surface area contributed by atoms with Gasteiger partial charge in [-0.05, 0) is 50.8 Å². The molecule has 1 aromatic rings. The Balaban J connectivity index is 1.85. The van der Waals surface area contributed by atoms with Crippen LogP contribution in [0.4, 0.5) is 5.82 Å². The van der Waals surface area contributed by atoms with Crippen LogP contribution >= 0.6 is 0 Å². The molecule has 0 aliphatic carbocycles. The first-order valence-electron chi connectivity index (χ1n) is 7.57. The lowest BCUT2D eigenvalue weighted by atomic mass is 9.79. The summed E-state index contributed by atoms with van der Waals surface area (Å²) >= 11 is 0. The average molecular weight is 276 g/mol. The Hall–Kier alpha value is -1.13. The van der Waals surface area contributed by atoms with E-state index in [1.807, 2.05) is 19.2 Å². The molecule has 0 unspecified atom stereocenters. The maximum Gasteiger partial charge on any atom is 0.128 e. The van der Waals surface area contributed by atoms with Gasteiger partial charge in [-0.2, -0.15) is 0 Å². The highest BCUT2D eigenvalue weighted by atomic mass is 16.5. The van der Waals surface area contributed by atoms with Crippen LogP contribution in [-0.2, 0) is 4.74 Å². The largest absolute Gasteiger partial charge is 0.390 e. The first-order chi connectivity index (χ1) is 9.58. The summed E-state index contributed by atoms with van der Waals surface area (Å²) < 4.78 is 5.63. The summed E-state index contributed by atoms with van der Waals surface area (Å²) in [5.74, 6) is 1.20. The SMILES string of the molecule is Cc1ccnc(N2CCC[C@@H]2[C@@H]2COCC[C@@]2(C)O)c1. The third-order valence-electron chi connectivity index (χ3n) is 4.81. The molecule has 3 heterocycles. The van der Waals surface area contributed by atoms with Crippen LogP contribution in [0.1, 0.15) is 31.7 Å². The Kier molecular flexibility index (Phi) is 3.69. The summed E-state index contributed by atoms with van der Waals surface area (Å²) in [6.45, 7) is 6.39. The highest BCUT2D eigenvalue weighted by molar-refractivity contribution is 5.43. The minimum absolute atomic E-state index is 0.168. The van der Waals surface area contributed by atoms with Gasteiger partial charge < -0.3 is 14.7 Å². The van der Waals surface area contributed by atoms with Crippen LogP contribution in [-0.4, -0.2) is 41.5 Å². The van der Waals surface area contributed by atoms with Gasteiger partial charge in [0.1, 0.15) is 5.82 Å². The van der Waals surface area contributed by atoms with Crippen LogP contribution in [0.2, 0.25) is 0 Å². The second-order valence-electron chi connectivity index (χ2n) is 6.38. The Morgan fingerprint density at radius 2 is 2.35 bits per heavy atom. The van der Waals surface area contributed by atoms with Crippen molar-refractivity contribution in [2.75, 3.05) is 24.7 Å². The van der Waals surface area contributed by atoms with Gasteiger partial charge in [-0.25, -0.2) is 4.98 Å². The molecule has 2 aliphatic rings. The van der Waals surface area contributed by atoms with Crippen molar-refractivity contribution in [3.63, 3.8) is 0 Å². The van der Waals surface area contributed by atoms with Crippen LogP contribution in [0, 0.1) is 12.8 Å². The summed E-state index contributed by atoms with van der Waals surface area (Å²) in [6.07, 6.45) is 4.87. The highest BCUT2D eigenvalue weighted by Crippen LogP contribution is 2.37. The molecule has 3 atom stereocenters. The van der Waals surface area contributed by atoms with E-state index in [0.29, 0.717) is 19.3 Å². The maximum atomic E-state index is 10.7.